The fraction of sp³-hybridized carbons (Fsp3) is 1.00. The molecule has 0 radical (unpaired) electrons. The first-order valence-corrected chi connectivity index (χ1v) is 2.63. The van der Waals surface area contributed by atoms with Crippen molar-refractivity contribution in [1.29, 1.82) is 0 Å². The van der Waals surface area contributed by atoms with Crippen LogP contribution in [0.25, 0.3) is 0 Å². The van der Waals surface area contributed by atoms with Crippen LogP contribution in [-0.2, 0) is 3.78 Å². The van der Waals surface area contributed by atoms with E-state index < -0.39 is 0 Å². The Balaban J connectivity index is 0. The molecule has 0 unspecified atom stereocenters. The molecule has 0 atom stereocenters. The molecular formula is C2H8GeO3. The van der Waals surface area contributed by atoms with Crippen molar-refractivity contribution in [3.8, 4) is 0 Å². The quantitative estimate of drug-likeness (QED) is 0.425. The van der Waals surface area contributed by atoms with Gasteiger partial charge in [0.15, 0.2) is 0 Å². The summed E-state index contributed by atoms with van der Waals surface area (Å²) < 4.78 is 8.38. The average Bonchev–Trinajstić information content (AvgIpc) is 1.72. The first-order chi connectivity index (χ1) is 2.91. The summed E-state index contributed by atoms with van der Waals surface area (Å²) in [5.41, 5.74) is 0. The molecule has 0 rings (SSSR count). The minimum absolute atomic E-state index is 0.125. The molecule has 0 spiro atoms. The van der Waals surface area contributed by atoms with Gasteiger partial charge < -0.3 is 10.2 Å². The van der Waals surface area contributed by atoms with Crippen LogP contribution in [0.2, 0.25) is 0 Å². The van der Waals surface area contributed by atoms with Gasteiger partial charge in [0, 0.05) is 0 Å². The fourth-order valence-corrected chi connectivity index (χ4v) is 0. The summed E-state index contributed by atoms with van der Waals surface area (Å²) in [5.74, 6) is 0. The second-order valence-corrected chi connectivity index (χ2v) is 0.447. The molecule has 0 amide bonds. The Bertz CT molecular complexity index is 16.3. The third kappa shape index (κ3) is 28.5. The molecule has 0 aliphatic heterocycles. The monoisotopic (exact) mass is 154 g/mol. The van der Waals surface area contributed by atoms with Crippen LogP contribution in [-0.4, -0.2) is 39.9 Å². The van der Waals surface area contributed by atoms with E-state index in [9.17, 15) is 0 Å². The van der Waals surface area contributed by atoms with Crippen molar-refractivity contribution >= 4 is 16.5 Å². The second kappa shape index (κ2) is 18.7. The van der Waals surface area contributed by atoms with E-state index >= 15 is 0 Å². The molecule has 0 saturated heterocycles. The summed E-state index contributed by atoms with van der Waals surface area (Å²) in [5, 5.41) is 15.2. The molecule has 0 fully saturated rings. The molecular weight excluding hydrogens is 145 g/mol. The van der Waals surface area contributed by atoms with Gasteiger partial charge in [-0.1, -0.05) is 0 Å². The molecule has 0 heterocycles. The molecule has 0 aromatic carbocycles. The predicted molar refractivity (Wildman–Crippen MR) is 23.4 cm³/mol. The van der Waals surface area contributed by atoms with Crippen molar-refractivity contribution in [2.75, 3.05) is 13.2 Å². The van der Waals surface area contributed by atoms with Gasteiger partial charge in [-0.3, -0.25) is 0 Å². The first-order valence-electron chi connectivity index (χ1n) is 1.42. The molecule has 0 bridgehead atoms. The molecule has 0 aliphatic carbocycles. The van der Waals surface area contributed by atoms with Crippen LogP contribution in [0, 0.1) is 0 Å². The van der Waals surface area contributed by atoms with E-state index in [0.717, 1.165) is 0 Å². The Morgan fingerprint density at radius 2 is 1.33 bits per heavy atom. The third-order valence-electron chi connectivity index (χ3n) is 0.1000. The van der Waals surface area contributed by atoms with Gasteiger partial charge in [0.25, 0.3) is 0 Å². The van der Waals surface area contributed by atoms with Crippen LogP contribution in [0.15, 0.2) is 0 Å². The SMILES string of the molecule is OCCO.[O]=[GeH2]. The van der Waals surface area contributed by atoms with E-state index in [-0.39, 0.29) is 29.7 Å². The number of hydrogen-bond acceptors (Lipinski definition) is 3. The average molecular weight is 153 g/mol. The van der Waals surface area contributed by atoms with Gasteiger partial charge in [0.2, 0.25) is 0 Å². The van der Waals surface area contributed by atoms with Crippen LogP contribution in [0.1, 0.15) is 0 Å². The number of hydrogen-bond donors (Lipinski definition) is 2. The van der Waals surface area contributed by atoms with Gasteiger partial charge in [0.05, 0.1) is 13.2 Å². The summed E-state index contributed by atoms with van der Waals surface area (Å²) in [6.07, 6.45) is 0. The Morgan fingerprint density at radius 1 is 1.17 bits per heavy atom. The Morgan fingerprint density at radius 3 is 1.33 bits per heavy atom. The van der Waals surface area contributed by atoms with E-state index in [1.54, 1.807) is 0 Å². The zero-order valence-electron chi connectivity index (χ0n) is 3.42. The predicted octanol–water partition coefficient (Wildman–Crippen LogP) is -2.06. The minimum atomic E-state index is -0.125. The number of rotatable bonds is 1. The molecule has 2 N–H and O–H groups in total. The number of aliphatic hydroxyl groups excluding tert-OH is 2. The summed E-state index contributed by atoms with van der Waals surface area (Å²) in [4.78, 5) is 0. The number of aliphatic hydroxyl groups is 2. The molecule has 6 heavy (non-hydrogen) atoms. The Kier molecular flexibility index (Phi) is 29.7. The zero-order chi connectivity index (χ0) is 5.41. The van der Waals surface area contributed by atoms with Gasteiger partial charge in [0.1, 0.15) is 0 Å². The molecule has 4 heteroatoms. The summed E-state index contributed by atoms with van der Waals surface area (Å²) >= 11 is 0.125. The summed E-state index contributed by atoms with van der Waals surface area (Å²) in [7, 11) is 0. The van der Waals surface area contributed by atoms with Crippen molar-refractivity contribution in [2.24, 2.45) is 0 Å². The van der Waals surface area contributed by atoms with Crippen LogP contribution < -0.4 is 0 Å². The molecule has 0 aromatic heterocycles. The van der Waals surface area contributed by atoms with Gasteiger partial charge in [-0.2, -0.15) is 0 Å². The van der Waals surface area contributed by atoms with Crippen LogP contribution in [0.3, 0.4) is 0 Å². The van der Waals surface area contributed by atoms with Gasteiger partial charge in [-0.25, -0.2) is 0 Å². The molecule has 38 valence electrons. The normalized spacial score (nSPS) is 5.67. The van der Waals surface area contributed by atoms with E-state index in [2.05, 4.69) is 0 Å². The van der Waals surface area contributed by atoms with Gasteiger partial charge in [-0.05, 0) is 0 Å². The van der Waals surface area contributed by atoms with Crippen LogP contribution >= 0.6 is 0 Å². The molecule has 0 saturated carbocycles. The van der Waals surface area contributed by atoms with E-state index in [4.69, 9.17) is 14.0 Å². The standard InChI is InChI=1S/C2H6O2.GeH2O/c3-1-2-4;1-2/h3-4H,1-2H2;1H2. The Hall–Kier alpha value is 0.263. The summed E-state index contributed by atoms with van der Waals surface area (Å²) in [6, 6.07) is 0. The fourth-order valence-electron chi connectivity index (χ4n) is 0. The van der Waals surface area contributed by atoms with Crippen LogP contribution in [0.5, 0.6) is 0 Å². The van der Waals surface area contributed by atoms with Crippen molar-refractivity contribution < 1.29 is 14.0 Å². The molecule has 3 nitrogen and oxygen atoms in total. The van der Waals surface area contributed by atoms with Crippen molar-refractivity contribution in [3.63, 3.8) is 0 Å². The van der Waals surface area contributed by atoms with Gasteiger partial charge in [-0.15, -0.1) is 0 Å². The third-order valence-corrected chi connectivity index (χ3v) is 0.1000. The van der Waals surface area contributed by atoms with E-state index in [1.165, 1.54) is 0 Å². The maximum atomic E-state index is 8.38. The molecule has 0 aromatic rings. The van der Waals surface area contributed by atoms with Gasteiger partial charge >= 0.3 is 20.2 Å². The van der Waals surface area contributed by atoms with E-state index in [1.807, 2.05) is 0 Å². The van der Waals surface area contributed by atoms with Crippen molar-refractivity contribution in [3.05, 3.63) is 0 Å². The zero-order valence-corrected chi connectivity index (χ0v) is 6.39. The Labute approximate surface area is 44.4 Å². The topological polar surface area (TPSA) is 57.5 Å². The molecule has 0 aliphatic rings. The first kappa shape index (κ1) is 9.55. The van der Waals surface area contributed by atoms with Crippen LogP contribution in [0.4, 0.5) is 0 Å². The second-order valence-electron chi connectivity index (χ2n) is 0.447. The maximum absolute atomic E-state index is 8.38. The van der Waals surface area contributed by atoms with Crippen molar-refractivity contribution in [1.82, 2.24) is 0 Å². The van der Waals surface area contributed by atoms with E-state index in [0.29, 0.717) is 0 Å². The summed E-state index contributed by atoms with van der Waals surface area (Å²) in [6.45, 7) is -0.250. The van der Waals surface area contributed by atoms with Crippen molar-refractivity contribution in [2.45, 2.75) is 0 Å².